The van der Waals surface area contributed by atoms with Crippen LogP contribution in [0.15, 0.2) is 23.1 Å². The minimum absolute atomic E-state index is 0.0810. The Bertz CT molecular complexity index is 769. The molecule has 1 fully saturated rings. The number of carbonyl (C=O) groups is 2. The Morgan fingerprint density at radius 3 is 2.42 bits per heavy atom. The first-order valence-corrected chi connectivity index (χ1v) is 10.3. The van der Waals surface area contributed by atoms with Crippen LogP contribution in [0.25, 0.3) is 0 Å². The van der Waals surface area contributed by atoms with Gasteiger partial charge in [0.25, 0.3) is 5.91 Å². The SMILES string of the molecule is Cc1ccc(C(=O)NCCC(=O)N(C)C)cc1S(=O)(=O)N1CCCCC1. The second-order valence-corrected chi connectivity index (χ2v) is 8.65. The van der Waals surface area contributed by atoms with Crippen molar-refractivity contribution in [3.8, 4) is 0 Å². The smallest absolute Gasteiger partial charge is 0.251 e. The fourth-order valence-electron chi connectivity index (χ4n) is 2.87. The summed E-state index contributed by atoms with van der Waals surface area (Å²) in [4.78, 5) is 25.5. The van der Waals surface area contributed by atoms with Crippen molar-refractivity contribution in [2.75, 3.05) is 33.7 Å². The third kappa shape index (κ3) is 4.82. The van der Waals surface area contributed by atoms with Crippen LogP contribution >= 0.6 is 0 Å². The van der Waals surface area contributed by atoms with Gasteiger partial charge in [-0.05, 0) is 37.5 Å². The van der Waals surface area contributed by atoms with Crippen LogP contribution in [0.3, 0.4) is 0 Å². The summed E-state index contributed by atoms with van der Waals surface area (Å²) in [5, 5.41) is 2.67. The number of aryl methyl sites for hydroxylation is 1. The van der Waals surface area contributed by atoms with Crippen molar-refractivity contribution in [3.63, 3.8) is 0 Å². The minimum Gasteiger partial charge on any atom is -0.352 e. The molecule has 1 aromatic carbocycles. The maximum Gasteiger partial charge on any atom is 0.251 e. The zero-order valence-electron chi connectivity index (χ0n) is 15.6. The summed E-state index contributed by atoms with van der Waals surface area (Å²) in [5.74, 6) is -0.464. The number of amides is 2. The summed E-state index contributed by atoms with van der Waals surface area (Å²) in [7, 11) is -0.292. The number of piperidine rings is 1. The van der Waals surface area contributed by atoms with Gasteiger partial charge in [-0.2, -0.15) is 4.31 Å². The molecule has 2 rings (SSSR count). The largest absolute Gasteiger partial charge is 0.352 e. The van der Waals surface area contributed by atoms with Crippen LogP contribution in [0.5, 0.6) is 0 Å². The molecule has 1 aliphatic rings. The summed E-state index contributed by atoms with van der Waals surface area (Å²) >= 11 is 0. The Balaban J connectivity index is 2.13. The Morgan fingerprint density at radius 1 is 1.15 bits per heavy atom. The topological polar surface area (TPSA) is 86.8 Å². The van der Waals surface area contributed by atoms with Gasteiger partial charge in [-0.15, -0.1) is 0 Å². The summed E-state index contributed by atoms with van der Waals surface area (Å²) in [6.07, 6.45) is 2.96. The van der Waals surface area contributed by atoms with Gasteiger partial charge in [-0.25, -0.2) is 8.42 Å². The molecule has 1 N–H and O–H groups in total. The van der Waals surface area contributed by atoms with E-state index in [2.05, 4.69) is 5.32 Å². The summed E-state index contributed by atoms with van der Waals surface area (Å²) in [6.45, 7) is 2.97. The molecule has 0 aromatic heterocycles. The zero-order chi connectivity index (χ0) is 19.3. The number of nitrogens with zero attached hydrogens (tertiary/aromatic N) is 2. The van der Waals surface area contributed by atoms with Gasteiger partial charge in [0.05, 0.1) is 4.90 Å². The highest BCUT2D eigenvalue weighted by Gasteiger charge is 2.28. The van der Waals surface area contributed by atoms with Crippen LogP contribution in [0, 0.1) is 6.92 Å². The van der Waals surface area contributed by atoms with E-state index >= 15 is 0 Å². The number of hydrogen-bond acceptors (Lipinski definition) is 4. The maximum absolute atomic E-state index is 12.9. The van der Waals surface area contributed by atoms with Crippen molar-refractivity contribution in [2.45, 2.75) is 37.5 Å². The summed E-state index contributed by atoms with van der Waals surface area (Å²) in [5.41, 5.74) is 0.901. The van der Waals surface area contributed by atoms with Crippen molar-refractivity contribution < 1.29 is 18.0 Å². The predicted octanol–water partition coefficient (Wildman–Crippen LogP) is 1.38. The van der Waals surface area contributed by atoms with E-state index in [0.717, 1.165) is 19.3 Å². The Labute approximate surface area is 155 Å². The van der Waals surface area contributed by atoms with Crippen LogP contribution in [0.1, 0.15) is 41.6 Å². The second kappa shape index (κ2) is 8.64. The highest BCUT2D eigenvalue weighted by Crippen LogP contribution is 2.24. The monoisotopic (exact) mass is 381 g/mol. The molecule has 0 atom stereocenters. The van der Waals surface area contributed by atoms with Crippen molar-refractivity contribution in [1.29, 1.82) is 0 Å². The van der Waals surface area contributed by atoms with Crippen molar-refractivity contribution in [2.24, 2.45) is 0 Å². The third-order valence-corrected chi connectivity index (χ3v) is 6.55. The molecule has 2 amide bonds. The molecule has 1 aromatic rings. The number of hydrogen-bond donors (Lipinski definition) is 1. The predicted molar refractivity (Wildman–Crippen MR) is 99.4 cm³/mol. The molecule has 0 saturated carbocycles. The second-order valence-electron chi connectivity index (χ2n) is 6.74. The van der Waals surface area contributed by atoms with Crippen LogP contribution < -0.4 is 5.32 Å². The van der Waals surface area contributed by atoms with Gasteiger partial charge in [0.2, 0.25) is 15.9 Å². The van der Waals surface area contributed by atoms with Crippen molar-refractivity contribution >= 4 is 21.8 Å². The fraction of sp³-hybridized carbons (Fsp3) is 0.556. The first-order valence-electron chi connectivity index (χ1n) is 8.82. The standard InChI is InChI=1S/C18H27N3O4S/c1-14-7-8-15(18(23)19-10-9-17(22)20(2)3)13-16(14)26(24,25)21-11-5-4-6-12-21/h7-8,13H,4-6,9-12H2,1-3H3,(H,19,23). The molecule has 26 heavy (non-hydrogen) atoms. The molecule has 0 radical (unpaired) electrons. The van der Waals surface area contributed by atoms with Gasteiger partial charge < -0.3 is 10.2 Å². The molecule has 0 aliphatic carbocycles. The van der Waals surface area contributed by atoms with Gasteiger partial charge in [0, 0.05) is 45.7 Å². The molecule has 0 unspecified atom stereocenters. The molecule has 8 heteroatoms. The number of carbonyl (C=O) groups excluding carboxylic acids is 2. The van der Waals surface area contributed by atoms with E-state index in [-0.39, 0.29) is 35.2 Å². The Kier molecular flexibility index (Phi) is 6.77. The number of benzene rings is 1. The third-order valence-electron chi connectivity index (χ3n) is 4.51. The molecule has 7 nitrogen and oxygen atoms in total. The first kappa shape index (κ1) is 20.4. The molecule has 0 spiro atoms. The number of nitrogens with one attached hydrogen (secondary N) is 1. The summed E-state index contributed by atoms with van der Waals surface area (Å²) < 4.78 is 27.3. The van der Waals surface area contributed by atoms with Gasteiger partial charge in [-0.1, -0.05) is 12.5 Å². The van der Waals surface area contributed by atoms with Gasteiger partial charge in [0.1, 0.15) is 0 Å². The van der Waals surface area contributed by atoms with Gasteiger partial charge in [-0.3, -0.25) is 9.59 Å². The molecular weight excluding hydrogens is 354 g/mol. The lowest BCUT2D eigenvalue weighted by atomic mass is 10.1. The van der Waals surface area contributed by atoms with Crippen LogP contribution in [-0.2, 0) is 14.8 Å². The van der Waals surface area contributed by atoms with E-state index in [1.165, 1.54) is 15.3 Å². The van der Waals surface area contributed by atoms with Crippen LogP contribution in [0.2, 0.25) is 0 Å². The number of rotatable bonds is 6. The lowest BCUT2D eigenvalue weighted by molar-refractivity contribution is -0.128. The lowest BCUT2D eigenvalue weighted by Crippen LogP contribution is -2.36. The lowest BCUT2D eigenvalue weighted by Gasteiger charge is -2.26. The molecule has 1 heterocycles. The van der Waals surface area contributed by atoms with E-state index in [0.29, 0.717) is 18.7 Å². The highest BCUT2D eigenvalue weighted by molar-refractivity contribution is 7.89. The van der Waals surface area contributed by atoms with Crippen LogP contribution in [0.4, 0.5) is 0 Å². The average Bonchev–Trinajstić information content (AvgIpc) is 2.62. The highest BCUT2D eigenvalue weighted by atomic mass is 32.2. The average molecular weight is 381 g/mol. The fourth-order valence-corrected chi connectivity index (χ4v) is 4.64. The van der Waals surface area contributed by atoms with Crippen molar-refractivity contribution in [3.05, 3.63) is 29.3 Å². The summed E-state index contributed by atoms with van der Waals surface area (Å²) in [6, 6.07) is 4.69. The van der Waals surface area contributed by atoms with E-state index < -0.39 is 10.0 Å². The van der Waals surface area contributed by atoms with E-state index in [1.54, 1.807) is 33.2 Å². The molecular formula is C18H27N3O4S. The van der Waals surface area contributed by atoms with Crippen molar-refractivity contribution in [1.82, 2.24) is 14.5 Å². The first-order chi connectivity index (χ1) is 12.2. The Morgan fingerprint density at radius 2 is 1.81 bits per heavy atom. The number of sulfonamides is 1. The maximum atomic E-state index is 12.9. The zero-order valence-corrected chi connectivity index (χ0v) is 16.4. The van der Waals surface area contributed by atoms with Crippen LogP contribution in [-0.4, -0.2) is 63.2 Å². The van der Waals surface area contributed by atoms with E-state index in [9.17, 15) is 18.0 Å². The van der Waals surface area contributed by atoms with Gasteiger partial charge in [0.15, 0.2) is 0 Å². The normalized spacial score (nSPS) is 15.5. The molecule has 144 valence electrons. The quantitative estimate of drug-likeness (QED) is 0.806. The minimum atomic E-state index is -3.60. The Hall–Kier alpha value is -1.93. The van der Waals surface area contributed by atoms with Gasteiger partial charge >= 0.3 is 0 Å². The molecule has 0 bridgehead atoms. The van der Waals surface area contributed by atoms with E-state index in [1.807, 2.05) is 0 Å². The molecule has 1 aliphatic heterocycles. The molecule has 1 saturated heterocycles. The van der Waals surface area contributed by atoms with E-state index in [4.69, 9.17) is 0 Å².